The molecule has 0 radical (unpaired) electrons. The molecule has 2 amide bonds. The van der Waals surface area contributed by atoms with E-state index in [1.807, 2.05) is 0 Å². The Hall–Kier alpha value is -3.43. The fourth-order valence-electron chi connectivity index (χ4n) is 3.00. The first-order chi connectivity index (χ1) is 14.8. The van der Waals surface area contributed by atoms with Crippen molar-refractivity contribution in [1.82, 2.24) is 4.90 Å². The maximum atomic E-state index is 13.9. The fraction of sp³-hybridized carbons (Fsp3) is 0.0476. The van der Waals surface area contributed by atoms with Crippen molar-refractivity contribution in [2.24, 2.45) is 0 Å². The molecular formula is C21H12ClFN2O5S. The van der Waals surface area contributed by atoms with E-state index in [4.69, 9.17) is 16.0 Å². The molecule has 156 valence electrons. The molecule has 4 rings (SSSR count). The Labute approximate surface area is 184 Å². The quantitative estimate of drug-likeness (QED) is 0.269. The fourth-order valence-corrected chi connectivity index (χ4v) is 3.99. The van der Waals surface area contributed by atoms with E-state index < -0.39 is 21.9 Å². The van der Waals surface area contributed by atoms with Crippen molar-refractivity contribution in [1.29, 1.82) is 0 Å². The Kier molecular flexibility index (Phi) is 5.62. The summed E-state index contributed by atoms with van der Waals surface area (Å²) in [5, 5.41) is 11.0. The van der Waals surface area contributed by atoms with Gasteiger partial charge in [-0.15, -0.1) is 0 Å². The van der Waals surface area contributed by atoms with Crippen molar-refractivity contribution in [3.8, 4) is 11.3 Å². The van der Waals surface area contributed by atoms with Crippen molar-refractivity contribution in [2.45, 2.75) is 6.54 Å². The molecule has 0 saturated carbocycles. The average molecular weight is 459 g/mol. The number of halogens is 2. The number of carbonyl (C=O) groups excluding carboxylic acids is 2. The largest absolute Gasteiger partial charge is 0.456 e. The van der Waals surface area contributed by atoms with Gasteiger partial charge in [-0.05, 0) is 42.1 Å². The van der Waals surface area contributed by atoms with Crippen LogP contribution in [-0.2, 0) is 11.3 Å². The third-order valence-electron chi connectivity index (χ3n) is 4.48. The SMILES string of the molecule is O=C1S/C(=C\c2ccc(-c3ccc(Cl)cc3[N+](=O)[O-])o2)C(=O)N1Cc1ccccc1F. The molecule has 0 bridgehead atoms. The molecule has 0 unspecified atom stereocenters. The van der Waals surface area contributed by atoms with E-state index in [2.05, 4.69) is 0 Å². The van der Waals surface area contributed by atoms with E-state index >= 15 is 0 Å². The van der Waals surface area contributed by atoms with Crippen LogP contribution >= 0.6 is 23.4 Å². The van der Waals surface area contributed by atoms with E-state index in [-0.39, 0.29) is 44.8 Å². The van der Waals surface area contributed by atoms with Gasteiger partial charge < -0.3 is 4.42 Å². The van der Waals surface area contributed by atoms with Crippen LogP contribution in [0.15, 0.2) is 63.9 Å². The minimum absolute atomic E-state index is 0.104. The molecule has 1 saturated heterocycles. The normalized spacial score (nSPS) is 15.2. The van der Waals surface area contributed by atoms with Gasteiger partial charge in [0.25, 0.3) is 16.8 Å². The lowest BCUT2D eigenvalue weighted by atomic mass is 10.1. The van der Waals surface area contributed by atoms with Crippen LogP contribution in [0, 0.1) is 15.9 Å². The van der Waals surface area contributed by atoms with Crippen LogP contribution in [0.2, 0.25) is 5.02 Å². The van der Waals surface area contributed by atoms with Crippen molar-refractivity contribution in [3.05, 3.63) is 91.8 Å². The first kappa shape index (κ1) is 20.8. The molecule has 0 atom stereocenters. The van der Waals surface area contributed by atoms with Gasteiger partial charge in [-0.2, -0.15) is 0 Å². The molecule has 2 aromatic carbocycles. The van der Waals surface area contributed by atoms with Gasteiger partial charge in [-0.25, -0.2) is 4.39 Å². The number of hydrogen-bond donors (Lipinski definition) is 0. The zero-order chi connectivity index (χ0) is 22.1. The van der Waals surface area contributed by atoms with Gasteiger partial charge in [0.05, 0.1) is 21.9 Å². The number of furan rings is 1. The minimum atomic E-state index is -0.575. The highest BCUT2D eigenvalue weighted by atomic mass is 35.5. The van der Waals surface area contributed by atoms with Crippen molar-refractivity contribution in [2.75, 3.05) is 0 Å². The second kappa shape index (κ2) is 8.37. The van der Waals surface area contributed by atoms with E-state index in [1.165, 1.54) is 54.6 Å². The van der Waals surface area contributed by atoms with Gasteiger partial charge in [-0.3, -0.25) is 24.6 Å². The number of nitrogens with zero attached hydrogens (tertiary/aromatic N) is 2. The molecule has 3 aromatic rings. The Balaban J connectivity index is 1.59. The van der Waals surface area contributed by atoms with Crippen molar-refractivity contribution in [3.63, 3.8) is 0 Å². The molecule has 1 fully saturated rings. The van der Waals surface area contributed by atoms with Crippen LogP contribution < -0.4 is 0 Å². The smallest absolute Gasteiger partial charge is 0.293 e. The molecule has 1 aliphatic heterocycles. The zero-order valence-corrected chi connectivity index (χ0v) is 17.2. The van der Waals surface area contributed by atoms with E-state index in [1.54, 1.807) is 6.07 Å². The lowest BCUT2D eigenvalue weighted by Crippen LogP contribution is -2.27. The number of thioether (sulfide) groups is 1. The number of benzene rings is 2. The van der Waals surface area contributed by atoms with Crippen LogP contribution in [-0.4, -0.2) is 21.0 Å². The second-order valence-corrected chi connectivity index (χ2v) is 7.91. The number of nitro benzene ring substituents is 1. The Morgan fingerprint density at radius 1 is 1.16 bits per heavy atom. The summed E-state index contributed by atoms with van der Waals surface area (Å²) in [6.45, 7) is -0.185. The highest BCUT2D eigenvalue weighted by Crippen LogP contribution is 2.36. The van der Waals surface area contributed by atoms with Crippen LogP contribution in [0.25, 0.3) is 17.4 Å². The summed E-state index contributed by atoms with van der Waals surface area (Å²) < 4.78 is 19.5. The molecule has 1 aliphatic rings. The van der Waals surface area contributed by atoms with E-state index in [0.29, 0.717) is 11.8 Å². The van der Waals surface area contributed by atoms with Gasteiger partial charge in [0.2, 0.25) is 0 Å². The monoisotopic (exact) mass is 458 g/mol. The number of nitro groups is 1. The van der Waals surface area contributed by atoms with Crippen molar-refractivity contribution < 1.29 is 23.3 Å². The predicted octanol–water partition coefficient (Wildman–Crippen LogP) is 5.88. The standard InChI is InChI=1S/C21H12ClFN2O5S/c22-13-5-7-15(17(9-13)25(28)29)18-8-6-14(30-18)10-19-20(26)24(21(27)31-19)11-12-3-1-2-4-16(12)23/h1-10H,11H2/b19-10-. The third-order valence-corrected chi connectivity index (χ3v) is 5.62. The lowest BCUT2D eigenvalue weighted by Gasteiger charge is -2.12. The molecular weight excluding hydrogens is 447 g/mol. The maximum Gasteiger partial charge on any atom is 0.293 e. The number of amides is 2. The van der Waals surface area contributed by atoms with E-state index in [9.17, 15) is 24.1 Å². The second-order valence-electron chi connectivity index (χ2n) is 6.48. The Morgan fingerprint density at radius 2 is 1.94 bits per heavy atom. The summed E-state index contributed by atoms with van der Waals surface area (Å²) in [6, 6.07) is 13.1. The van der Waals surface area contributed by atoms with Gasteiger partial charge in [0, 0.05) is 22.7 Å². The predicted molar refractivity (Wildman–Crippen MR) is 114 cm³/mol. The first-order valence-corrected chi connectivity index (χ1v) is 10.1. The van der Waals surface area contributed by atoms with Gasteiger partial charge in [0.15, 0.2) is 0 Å². The number of hydrogen-bond acceptors (Lipinski definition) is 6. The molecule has 7 nitrogen and oxygen atoms in total. The topological polar surface area (TPSA) is 93.7 Å². The minimum Gasteiger partial charge on any atom is -0.456 e. The van der Waals surface area contributed by atoms with E-state index in [0.717, 1.165) is 4.90 Å². The molecule has 10 heteroatoms. The van der Waals surface area contributed by atoms with Crippen LogP contribution in [0.3, 0.4) is 0 Å². The molecule has 2 heterocycles. The summed E-state index contributed by atoms with van der Waals surface area (Å²) >= 11 is 6.54. The molecule has 1 aromatic heterocycles. The van der Waals surface area contributed by atoms with Gasteiger partial charge in [0.1, 0.15) is 17.3 Å². The van der Waals surface area contributed by atoms with Crippen LogP contribution in [0.1, 0.15) is 11.3 Å². The van der Waals surface area contributed by atoms with Gasteiger partial charge in [-0.1, -0.05) is 29.8 Å². The number of carbonyl (C=O) groups is 2. The summed E-state index contributed by atoms with van der Waals surface area (Å²) in [5.41, 5.74) is 0.224. The molecule has 0 N–H and O–H groups in total. The van der Waals surface area contributed by atoms with Crippen LogP contribution in [0.4, 0.5) is 14.9 Å². The molecule has 0 spiro atoms. The Morgan fingerprint density at radius 3 is 2.68 bits per heavy atom. The average Bonchev–Trinajstić information content (AvgIpc) is 3.29. The molecule has 31 heavy (non-hydrogen) atoms. The maximum absolute atomic E-state index is 13.9. The lowest BCUT2D eigenvalue weighted by molar-refractivity contribution is -0.384. The van der Waals surface area contributed by atoms with Crippen LogP contribution in [0.5, 0.6) is 0 Å². The number of rotatable bonds is 5. The van der Waals surface area contributed by atoms with Gasteiger partial charge >= 0.3 is 0 Å². The third kappa shape index (κ3) is 4.23. The summed E-state index contributed by atoms with van der Waals surface area (Å²) in [7, 11) is 0. The highest BCUT2D eigenvalue weighted by Gasteiger charge is 2.35. The number of imide groups is 1. The first-order valence-electron chi connectivity index (χ1n) is 8.86. The summed E-state index contributed by atoms with van der Waals surface area (Å²) in [6.07, 6.45) is 1.37. The zero-order valence-electron chi connectivity index (χ0n) is 15.6. The molecule has 0 aliphatic carbocycles. The Bertz CT molecular complexity index is 1260. The van der Waals surface area contributed by atoms with Crippen molar-refractivity contribution >= 4 is 46.3 Å². The summed E-state index contributed by atoms with van der Waals surface area (Å²) in [4.78, 5) is 36.7. The summed E-state index contributed by atoms with van der Waals surface area (Å²) in [5.74, 6) is -0.643. The highest BCUT2D eigenvalue weighted by molar-refractivity contribution is 8.18.